The van der Waals surface area contributed by atoms with Crippen LogP contribution in [-0.4, -0.2) is 38.4 Å². The molecule has 0 bridgehead atoms. The van der Waals surface area contributed by atoms with Crippen LogP contribution in [0, 0.1) is 0 Å². The van der Waals surface area contributed by atoms with E-state index in [0.717, 1.165) is 38.5 Å². The molecule has 0 aliphatic heterocycles. The highest BCUT2D eigenvalue weighted by Gasteiger charge is 2.15. The Morgan fingerprint density at radius 2 is 1.52 bits per heavy atom. The van der Waals surface area contributed by atoms with Crippen molar-refractivity contribution in [3.63, 3.8) is 0 Å². The topological polar surface area (TPSA) is 61.8 Å². The van der Waals surface area contributed by atoms with E-state index in [2.05, 4.69) is 6.92 Å². The van der Waals surface area contributed by atoms with Crippen LogP contribution in [0.3, 0.4) is 0 Å². The Morgan fingerprint density at radius 3 is 2.17 bits per heavy atom. The molecule has 0 aromatic rings. The van der Waals surface area contributed by atoms with E-state index in [9.17, 15) is 9.59 Å². The van der Waals surface area contributed by atoms with Crippen molar-refractivity contribution in [3.8, 4) is 0 Å². The first-order chi connectivity index (χ1) is 11.1. The monoisotopic (exact) mass is 330 g/mol. The van der Waals surface area contributed by atoms with Crippen LogP contribution in [0.15, 0.2) is 0 Å². The Bertz CT molecular complexity index is 304. The van der Waals surface area contributed by atoms with Crippen molar-refractivity contribution >= 4 is 11.9 Å². The summed E-state index contributed by atoms with van der Waals surface area (Å²) in [6.45, 7) is 5.19. The van der Waals surface area contributed by atoms with Gasteiger partial charge in [0.05, 0.1) is 19.4 Å². The molecule has 0 fully saturated rings. The summed E-state index contributed by atoms with van der Waals surface area (Å²) in [5.41, 5.74) is 0. The largest absolute Gasteiger partial charge is 0.466 e. The van der Waals surface area contributed by atoms with Crippen LogP contribution in [0.4, 0.5) is 0 Å². The Balaban J connectivity index is 4.05. The molecule has 0 amide bonds. The second-order valence-electron chi connectivity index (χ2n) is 5.82. The quantitative estimate of drug-likeness (QED) is 0.335. The molecule has 0 aliphatic carbocycles. The van der Waals surface area contributed by atoms with Crippen LogP contribution in [0.25, 0.3) is 0 Å². The second kappa shape index (κ2) is 15.8. The number of carbonyl (C=O) groups is 2. The number of hydrogen-bond donors (Lipinski definition) is 0. The highest BCUT2D eigenvalue weighted by molar-refractivity contribution is 5.77. The van der Waals surface area contributed by atoms with Crippen LogP contribution in [0.1, 0.15) is 78.1 Å². The predicted molar refractivity (Wildman–Crippen MR) is 90.2 cm³/mol. The van der Waals surface area contributed by atoms with Gasteiger partial charge in [0, 0.05) is 13.7 Å². The van der Waals surface area contributed by atoms with Crippen molar-refractivity contribution in [2.45, 2.75) is 84.2 Å². The fourth-order valence-corrected chi connectivity index (χ4v) is 2.25. The van der Waals surface area contributed by atoms with Gasteiger partial charge in [-0.05, 0) is 32.1 Å². The summed E-state index contributed by atoms with van der Waals surface area (Å²) in [5, 5.41) is 0. The number of unbranched alkanes of at least 4 members (excludes halogenated alkanes) is 3. The summed E-state index contributed by atoms with van der Waals surface area (Å²) < 4.78 is 15.5. The minimum atomic E-state index is -0.331. The van der Waals surface area contributed by atoms with Crippen LogP contribution < -0.4 is 0 Å². The molecule has 1 atom stereocenters. The molecule has 1 unspecified atom stereocenters. The summed E-state index contributed by atoms with van der Waals surface area (Å²) in [7, 11) is 1.67. The van der Waals surface area contributed by atoms with Gasteiger partial charge in [-0.1, -0.05) is 33.1 Å². The molecular formula is C18H34O5. The van der Waals surface area contributed by atoms with Gasteiger partial charge in [0.15, 0.2) is 0 Å². The summed E-state index contributed by atoms with van der Waals surface area (Å²) in [5.74, 6) is -0.640. The smallest absolute Gasteiger partial charge is 0.306 e. The molecule has 0 rings (SSSR count). The molecule has 136 valence electrons. The third kappa shape index (κ3) is 14.2. The summed E-state index contributed by atoms with van der Waals surface area (Å²) in [4.78, 5) is 23.3. The predicted octanol–water partition coefficient (Wildman–Crippen LogP) is 4.03. The van der Waals surface area contributed by atoms with Crippen molar-refractivity contribution in [2.24, 2.45) is 0 Å². The maximum atomic E-state index is 11.9. The lowest BCUT2D eigenvalue weighted by molar-refractivity contribution is -0.154. The third-order valence-electron chi connectivity index (χ3n) is 3.55. The Hall–Kier alpha value is -1.10. The van der Waals surface area contributed by atoms with Crippen LogP contribution >= 0.6 is 0 Å². The zero-order valence-electron chi connectivity index (χ0n) is 15.1. The molecule has 0 N–H and O–H groups in total. The van der Waals surface area contributed by atoms with Gasteiger partial charge in [-0.3, -0.25) is 9.59 Å². The molecule has 0 aliphatic rings. The van der Waals surface area contributed by atoms with Gasteiger partial charge in [-0.15, -0.1) is 0 Å². The van der Waals surface area contributed by atoms with Crippen molar-refractivity contribution in [1.29, 1.82) is 0 Å². The van der Waals surface area contributed by atoms with Crippen LogP contribution in [0.5, 0.6) is 0 Å². The van der Waals surface area contributed by atoms with E-state index in [1.165, 1.54) is 12.8 Å². The summed E-state index contributed by atoms with van der Waals surface area (Å²) >= 11 is 0. The lowest BCUT2D eigenvalue weighted by atomic mass is 10.1. The van der Waals surface area contributed by atoms with Gasteiger partial charge in [-0.25, -0.2) is 0 Å². The van der Waals surface area contributed by atoms with Gasteiger partial charge in [0.25, 0.3) is 0 Å². The first-order valence-corrected chi connectivity index (χ1v) is 8.98. The molecule has 0 saturated heterocycles. The molecule has 0 heterocycles. The maximum Gasteiger partial charge on any atom is 0.306 e. The molecule has 5 heteroatoms. The van der Waals surface area contributed by atoms with Crippen molar-refractivity contribution in [3.05, 3.63) is 0 Å². The highest BCUT2D eigenvalue weighted by atomic mass is 16.5. The molecule has 0 radical (unpaired) electrons. The van der Waals surface area contributed by atoms with E-state index in [-0.39, 0.29) is 30.9 Å². The standard InChI is InChI=1S/C18H34O5/c1-4-6-7-8-10-16(11-9-15-21-3)23-18(20)13-12-17(19)22-14-5-2/h16H,4-15H2,1-3H3. The van der Waals surface area contributed by atoms with Crippen molar-refractivity contribution < 1.29 is 23.8 Å². The van der Waals surface area contributed by atoms with Crippen LogP contribution in [-0.2, 0) is 23.8 Å². The first-order valence-electron chi connectivity index (χ1n) is 8.98. The van der Waals surface area contributed by atoms with E-state index in [1.54, 1.807) is 7.11 Å². The van der Waals surface area contributed by atoms with E-state index >= 15 is 0 Å². The van der Waals surface area contributed by atoms with E-state index in [4.69, 9.17) is 14.2 Å². The second-order valence-corrected chi connectivity index (χ2v) is 5.82. The zero-order chi connectivity index (χ0) is 17.3. The molecule has 5 nitrogen and oxygen atoms in total. The van der Waals surface area contributed by atoms with Crippen molar-refractivity contribution in [1.82, 2.24) is 0 Å². The summed E-state index contributed by atoms with van der Waals surface area (Å²) in [6.07, 6.45) is 8.11. The number of ether oxygens (including phenoxy) is 3. The lowest BCUT2D eigenvalue weighted by Gasteiger charge is -2.18. The van der Waals surface area contributed by atoms with E-state index in [1.807, 2.05) is 6.92 Å². The Labute approximate surface area is 141 Å². The first kappa shape index (κ1) is 21.9. The molecular weight excluding hydrogens is 296 g/mol. The third-order valence-corrected chi connectivity index (χ3v) is 3.55. The number of carbonyl (C=O) groups excluding carboxylic acids is 2. The number of methoxy groups -OCH3 is 1. The molecule has 0 spiro atoms. The van der Waals surface area contributed by atoms with Gasteiger partial charge in [0.2, 0.25) is 0 Å². The fraction of sp³-hybridized carbons (Fsp3) is 0.889. The zero-order valence-corrected chi connectivity index (χ0v) is 15.1. The average Bonchev–Trinajstić information content (AvgIpc) is 2.54. The number of rotatable bonds is 15. The lowest BCUT2D eigenvalue weighted by Crippen LogP contribution is -2.20. The summed E-state index contributed by atoms with van der Waals surface area (Å²) in [6, 6.07) is 0. The normalized spacial score (nSPS) is 12.0. The maximum absolute atomic E-state index is 11.9. The number of hydrogen-bond acceptors (Lipinski definition) is 5. The minimum absolute atomic E-state index is 0.0684. The Kier molecular flexibility index (Phi) is 15.0. The van der Waals surface area contributed by atoms with E-state index in [0.29, 0.717) is 13.2 Å². The highest BCUT2D eigenvalue weighted by Crippen LogP contribution is 2.14. The van der Waals surface area contributed by atoms with Crippen molar-refractivity contribution in [2.75, 3.05) is 20.3 Å². The van der Waals surface area contributed by atoms with Gasteiger partial charge >= 0.3 is 11.9 Å². The Morgan fingerprint density at radius 1 is 0.826 bits per heavy atom. The van der Waals surface area contributed by atoms with Gasteiger partial charge in [-0.2, -0.15) is 0 Å². The molecule has 23 heavy (non-hydrogen) atoms. The van der Waals surface area contributed by atoms with Gasteiger partial charge in [0.1, 0.15) is 6.10 Å². The molecule has 0 aromatic heterocycles. The van der Waals surface area contributed by atoms with Gasteiger partial charge < -0.3 is 14.2 Å². The minimum Gasteiger partial charge on any atom is -0.466 e. The SMILES string of the molecule is CCCCCCC(CCCOC)OC(=O)CCC(=O)OCCC. The average molecular weight is 330 g/mol. The van der Waals surface area contributed by atoms with E-state index < -0.39 is 0 Å². The van der Waals surface area contributed by atoms with Crippen LogP contribution in [0.2, 0.25) is 0 Å². The molecule has 0 saturated carbocycles. The fourth-order valence-electron chi connectivity index (χ4n) is 2.25. The number of esters is 2. The molecule has 0 aromatic carbocycles.